The molecule has 1 aromatic carbocycles. The first-order chi connectivity index (χ1) is 12.8. The quantitative estimate of drug-likeness (QED) is 0.530. The van der Waals surface area contributed by atoms with Gasteiger partial charge in [0.2, 0.25) is 17.7 Å². The third-order valence-electron chi connectivity index (χ3n) is 4.40. The summed E-state index contributed by atoms with van der Waals surface area (Å²) in [7, 11) is 0. The van der Waals surface area contributed by atoms with Gasteiger partial charge in [0.05, 0.1) is 6.04 Å². The first kappa shape index (κ1) is 22.3. The van der Waals surface area contributed by atoms with Crippen LogP contribution in [0.2, 0.25) is 0 Å². The lowest BCUT2D eigenvalue weighted by Gasteiger charge is -2.25. The van der Waals surface area contributed by atoms with Crippen molar-refractivity contribution < 1.29 is 19.2 Å². The van der Waals surface area contributed by atoms with Crippen LogP contribution in [0, 0.1) is 5.92 Å². The van der Waals surface area contributed by atoms with Crippen molar-refractivity contribution in [2.45, 2.75) is 58.7 Å². The molecule has 7 nitrogen and oxygen atoms in total. The summed E-state index contributed by atoms with van der Waals surface area (Å²) in [5, 5.41) is 7.87. The fourth-order valence-electron chi connectivity index (χ4n) is 2.60. The summed E-state index contributed by atoms with van der Waals surface area (Å²) in [6.45, 7) is 6.66. The van der Waals surface area contributed by atoms with Crippen molar-refractivity contribution >= 4 is 24.0 Å². The van der Waals surface area contributed by atoms with Crippen LogP contribution in [0.25, 0.3) is 0 Å². The molecule has 3 amide bonds. The molecule has 27 heavy (non-hydrogen) atoms. The minimum Gasteiger partial charge on any atom is -0.344 e. The molecule has 0 aromatic heterocycles. The second-order valence-corrected chi connectivity index (χ2v) is 6.73. The maximum absolute atomic E-state index is 12.5. The van der Waals surface area contributed by atoms with Crippen LogP contribution in [0.5, 0.6) is 0 Å². The molecular formula is C20H29N3O4. The average molecular weight is 375 g/mol. The van der Waals surface area contributed by atoms with Gasteiger partial charge in [-0.3, -0.25) is 14.4 Å². The summed E-state index contributed by atoms with van der Waals surface area (Å²) in [5.74, 6) is -1.27. The van der Waals surface area contributed by atoms with Crippen LogP contribution in [-0.4, -0.2) is 42.1 Å². The van der Waals surface area contributed by atoms with E-state index in [4.69, 9.17) is 0 Å². The Morgan fingerprint density at radius 3 is 2.15 bits per heavy atom. The molecule has 0 aliphatic rings. The summed E-state index contributed by atoms with van der Waals surface area (Å²) in [5.41, 5.74) is 0.925. The van der Waals surface area contributed by atoms with Gasteiger partial charge in [-0.05, 0) is 24.8 Å². The van der Waals surface area contributed by atoms with Crippen LogP contribution in [0.4, 0.5) is 0 Å². The molecule has 0 bridgehead atoms. The lowest BCUT2D eigenvalue weighted by Crippen LogP contribution is -2.55. The Morgan fingerprint density at radius 2 is 1.63 bits per heavy atom. The molecule has 0 aliphatic carbocycles. The number of aldehydes is 1. The van der Waals surface area contributed by atoms with Crippen LogP contribution in [0.15, 0.2) is 30.3 Å². The van der Waals surface area contributed by atoms with Crippen LogP contribution >= 0.6 is 0 Å². The highest BCUT2D eigenvalue weighted by Gasteiger charge is 2.28. The Balaban J connectivity index is 2.66. The van der Waals surface area contributed by atoms with Gasteiger partial charge in [0, 0.05) is 6.92 Å². The highest BCUT2D eigenvalue weighted by molar-refractivity contribution is 5.92. The molecule has 7 heteroatoms. The lowest BCUT2D eigenvalue weighted by atomic mass is 9.98. The summed E-state index contributed by atoms with van der Waals surface area (Å²) in [6.07, 6.45) is 1.75. The topological polar surface area (TPSA) is 104 Å². The second-order valence-electron chi connectivity index (χ2n) is 6.73. The predicted octanol–water partition coefficient (Wildman–Crippen LogP) is 0.968. The van der Waals surface area contributed by atoms with Crippen molar-refractivity contribution in [2.24, 2.45) is 5.92 Å². The Labute approximate surface area is 160 Å². The first-order valence-corrected chi connectivity index (χ1v) is 9.15. The van der Waals surface area contributed by atoms with Gasteiger partial charge >= 0.3 is 0 Å². The van der Waals surface area contributed by atoms with Gasteiger partial charge in [-0.1, -0.05) is 50.6 Å². The van der Waals surface area contributed by atoms with Crippen LogP contribution in [-0.2, 0) is 25.6 Å². The molecule has 0 unspecified atom stereocenters. The Morgan fingerprint density at radius 1 is 1.00 bits per heavy atom. The van der Waals surface area contributed by atoms with Crippen molar-refractivity contribution in [2.75, 3.05) is 0 Å². The molecule has 0 spiro atoms. The standard InChI is InChI=1S/C20H29N3O4/c1-5-13(2)18(22-15(4)25)20(27)21-14(3)19(26)23-17(12-24)11-16-9-7-6-8-10-16/h6-10,12-14,17-18H,5,11H2,1-4H3,(H,21,27)(H,22,25)(H,23,26)/t13-,14-,17-,18-/m0/s1. The molecule has 3 N–H and O–H groups in total. The van der Waals surface area contributed by atoms with E-state index in [0.29, 0.717) is 19.1 Å². The molecule has 0 radical (unpaired) electrons. The molecule has 4 atom stereocenters. The highest BCUT2D eigenvalue weighted by Crippen LogP contribution is 2.08. The highest BCUT2D eigenvalue weighted by atomic mass is 16.2. The number of carbonyl (C=O) groups excluding carboxylic acids is 4. The van der Waals surface area contributed by atoms with Crippen molar-refractivity contribution in [3.05, 3.63) is 35.9 Å². The van der Waals surface area contributed by atoms with E-state index in [0.717, 1.165) is 5.56 Å². The number of benzene rings is 1. The first-order valence-electron chi connectivity index (χ1n) is 9.15. The van der Waals surface area contributed by atoms with E-state index < -0.39 is 29.9 Å². The van der Waals surface area contributed by atoms with E-state index >= 15 is 0 Å². The third-order valence-corrected chi connectivity index (χ3v) is 4.40. The van der Waals surface area contributed by atoms with Crippen LogP contribution in [0.1, 0.15) is 39.7 Å². The molecular weight excluding hydrogens is 346 g/mol. The van der Waals surface area contributed by atoms with Crippen LogP contribution in [0.3, 0.4) is 0 Å². The van der Waals surface area contributed by atoms with Gasteiger partial charge < -0.3 is 20.7 Å². The maximum Gasteiger partial charge on any atom is 0.243 e. The van der Waals surface area contributed by atoms with E-state index in [-0.39, 0.29) is 11.8 Å². The van der Waals surface area contributed by atoms with Gasteiger partial charge in [0.15, 0.2) is 0 Å². The molecule has 0 saturated carbocycles. The summed E-state index contributed by atoms with van der Waals surface area (Å²) in [4.78, 5) is 47.5. The van der Waals surface area contributed by atoms with Gasteiger partial charge in [0.1, 0.15) is 18.4 Å². The molecule has 1 rings (SSSR count). The van der Waals surface area contributed by atoms with Gasteiger partial charge in [0.25, 0.3) is 0 Å². The largest absolute Gasteiger partial charge is 0.344 e. The summed E-state index contributed by atoms with van der Waals surface area (Å²) < 4.78 is 0. The minimum atomic E-state index is -0.837. The fraction of sp³-hybridized carbons (Fsp3) is 0.500. The smallest absolute Gasteiger partial charge is 0.243 e. The van der Waals surface area contributed by atoms with E-state index in [9.17, 15) is 19.2 Å². The molecule has 0 saturated heterocycles. The van der Waals surface area contributed by atoms with E-state index in [1.807, 2.05) is 44.2 Å². The Bertz CT molecular complexity index is 648. The predicted molar refractivity (Wildman–Crippen MR) is 103 cm³/mol. The molecule has 0 aliphatic heterocycles. The number of carbonyl (C=O) groups is 4. The molecule has 148 valence electrons. The average Bonchev–Trinajstić information content (AvgIpc) is 2.65. The molecule has 0 fully saturated rings. The maximum atomic E-state index is 12.5. The Kier molecular flexibility index (Phi) is 9.19. The summed E-state index contributed by atoms with van der Waals surface area (Å²) in [6, 6.07) is 7.11. The fourth-order valence-corrected chi connectivity index (χ4v) is 2.60. The number of hydrogen-bond acceptors (Lipinski definition) is 4. The van der Waals surface area contributed by atoms with E-state index in [2.05, 4.69) is 16.0 Å². The number of rotatable bonds is 10. The van der Waals surface area contributed by atoms with Crippen molar-refractivity contribution in [3.8, 4) is 0 Å². The van der Waals surface area contributed by atoms with Crippen molar-refractivity contribution in [3.63, 3.8) is 0 Å². The lowest BCUT2D eigenvalue weighted by molar-refractivity contribution is -0.132. The third kappa shape index (κ3) is 7.60. The summed E-state index contributed by atoms with van der Waals surface area (Å²) >= 11 is 0. The van der Waals surface area contributed by atoms with Crippen LogP contribution < -0.4 is 16.0 Å². The van der Waals surface area contributed by atoms with Gasteiger partial charge in [-0.15, -0.1) is 0 Å². The monoisotopic (exact) mass is 375 g/mol. The molecule has 0 heterocycles. The zero-order valence-corrected chi connectivity index (χ0v) is 16.3. The SMILES string of the molecule is CC[C@H](C)[C@H](NC(C)=O)C(=O)N[C@@H](C)C(=O)N[C@H](C=O)Cc1ccccc1. The zero-order valence-electron chi connectivity index (χ0n) is 16.3. The Hall–Kier alpha value is -2.70. The van der Waals surface area contributed by atoms with Gasteiger partial charge in [-0.2, -0.15) is 0 Å². The number of amides is 3. The zero-order chi connectivity index (χ0) is 20.4. The number of hydrogen-bond donors (Lipinski definition) is 3. The minimum absolute atomic E-state index is 0.0787. The van der Waals surface area contributed by atoms with Gasteiger partial charge in [-0.25, -0.2) is 0 Å². The second kappa shape index (κ2) is 11.1. The normalized spacial score (nSPS) is 15.0. The van der Waals surface area contributed by atoms with E-state index in [1.54, 1.807) is 6.92 Å². The van der Waals surface area contributed by atoms with Crippen molar-refractivity contribution in [1.82, 2.24) is 16.0 Å². The molecule has 1 aromatic rings. The number of nitrogens with one attached hydrogen (secondary N) is 3. The van der Waals surface area contributed by atoms with E-state index in [1.165, 1.54) is 6.92 Å². The van der Waals surface area contributed by atoms with Crippen molar-refractivity contribution in [1.29, 1.82) is 0 Å².